The van der Waals surface area contributed by atoms with Gasteiger partial charge in [-0.25, -0.2) is 0 Å². The Hall–Kier alpha value is -2.30. The van der Waals surface area contributed by atoms with Crippen LogP contribution in [0.5, 0.6) is 5.75 Å². The Morgan fingerprint density at radius 2 is 2.00 bits per heavy atom. The average molecular weight is 429 g/mol. The van der Waals surface area contributed by atoms with Gasteiger partial charge < -0.3 is 14.6 Å². The van der Waals surface area contributed by atoms with Gasteiger partial charge in [0.2, 0.25) is 0 Å². The lowest BCUT2D eigenvalue weighted by atomic mass is 9.75. The van der Waals surface area contributed by atoms with Crippen LogP contribution in [0.25, 0.3) is 0 Å². The molecule has 3 rings (SSSR count). The van der Waals surface area contributed by atoms with E-state index in [9.17, 15) is 9.90 Å². The van der Waals surface area contributed by atoms with Crippen LogP contribution in [0, 0.1) is 5.92 Å². The summed E-state index contributed by atoms with van der Waals surface area (Å²) < 4.78 is 12.4. The van der Waals surface area contributed by atoms with Crippen molar-refractivity contribution in [3.8, 4) is 5.75 Å². The molecule has 0 amide bonds. The van der Waals surface area contributed by atoms with Crippen molar-refractivity contribution in [2.45, 2.75) is 51.7 Å². The van der Waals surface area contributed by atoms with E-state index in [1.165, 1.54) is 0 Å². The molecule has 1 fully saturated rings. The molecule has 0 aliphatic carbocycles. The van der Waals surface area contributed by atoms with Gasteiger partial charge in [-0.3, -0.25) is 4.79 Å². The summed E-state index contributed by atoms with van der Waals surface area (Å²) in [6, 6.07) is 13.5. The molecule has 1 aliphatic rings. The highest BCUT2D eigenvalue weighted by Crippen LogP contribution is 2.49. The van der Waals surface area contributed by atoms with Gasteiger partial charge in [-0.15, -0.1) is 0 Å². The van der Waals surface area contributed by atoms with E-state index in [1.807, 2.05) is 44.2 Å². The van der Waals surface area contributed by atoms with Crippen LogP contribution < -0.4 is 4.74 Å². The van der Waals surface area contributed by atoms with Crippen molar-refractivity contribution < 1.29 is 19.4 Å². The SMILES string of the molecule is C=C(C)[C@H]1C[C@H](c2ccccc2Cl)[C@H](C)O[C@@H]1c1cc(CC(=O)O)ccc1OCC. The van der Waals surface area contributed by atoms with Gasteiger partial charge in [0.25, 0.3) is 0 Å². The topological polar surface area (TPSA) is 55.8 Å². The minimum Gasteiger partial charge on any atom is -0.493 e. The quantitative estimate of drug-likeness (QED) is 0.534. The Balaban J connectivity index is 2.00. The highest BCUT2D eigenvalue weighted by Gasteiger charge is 2.39. The first-order valence-corrected chi connectivity index (χ1v) is 10.7. The molecule has 0 unspecified atom stereocenters. The maximum Gasteiger partial charge on any atom is 0.307 e. The van der Waals surface area contributed by atoms with Gasteiger partial charge in [0.1, 0.15) is 5.75 Å². The molecule has 1 saturated heterocycles. The zero-order valence-electron chi connectivity index (χ0n) is 17.7. The van der Waals surface area contributed by atoms with Crippen molar-refractivity contribution in [1.82, 2.24) is 0 Å². The zero-order chi connectivity index (χ0) is 21.8. The Bertz CT molecular complexity index is 923. The normalized spacial score (nSPS) is 23.7. The lowest BCUT2D eigenvalue weighted by molar-refractivity contribution is -0.136. The number of hydrogen-bond acceptors (Lipinski definition) is 3. The van der Waals surface area contributed by atoms with Gasteiger partial charge in [0, 0.05) is 22.4 Å². The van der Waals surface area contributed by atoms with Gasteiger partial charge in [-0.2, -0.15) is 0 Å². The number of carboxylic acid groups (broad SMARTS) is 1. The molecule has 5 heteroatoms. The van der Waals surface area contributed by atoms with Crippen LogP contribution in [0.15, 0.2) is 54.6 Å². The monoisotopic (exact) mass is 428 g/mol. The predicted molar refractivity (Wildman–Crippen MR) is 119 cm³/mol. The zero-order valence-corrected chi connectivity index (χ0v) is 18.5. The van der Waals surface area contributed by atoms with Crippen molar-refractivity contribution in [1.29, 1.82) is 0 Å². The molecule has 2 aromatic rings. The summed E-state index contributed by atoms with van der Waals surface area (Å²) in [7, 11) is 0. The fraction of sp³-hybridized carbons (Fsp3) is 0.400. The number of rotatable bonds is 7. The fourth-order valence-corrected chi connectivity index (χ4v) is 4.58. The molecular formula is C25H29ClO4. The maximum absolute atomic E-state index is 11.2. The molecule has 30 heavy (non-hydrogen) atoms. The number of ether oxygens (including phenoxy) is 2. The molecule has 0 bridgehead atoms. The second kappa shape index (κ2) is 9.67. The van der Waals surface area contributed by atoms with E-state index in [1.54, 1.807) is 6.07 Å². The Morgan fingerprint density at radius 1 is 1.27 bits per heavy atom. The summed E-state index contributed by atoms with van der Waals surface area (Å²) >= 11 is 6.49. The van der Waals surface area contributed by atoms with Crippen LogP contribution in [0.1, 0.15) is 55.9 Å². The second-order valence-electron chi connectivity index (χ2n) is 7.95. The largest absolute Gasteiger partial charge is 0.493 e. The van der Waals surface area contributed by atoms with E-state index in [0.29, 0.717) is 6.61 Å². The molecule has 0 radical (unpaired) electrons. The number of benzene rings is 2. The van der Waals surface area contributed by atoms with Gasteiger partial charge in [-0.1, -0.05) is 48.0 Å². The number of carbonyl (C=O) groups is 1. The van der Waals surface area contributed by atoms with Crippen LogP contribution in [0.4, 0.5) is 0 Å². The van der Waals surface area contributed by atoms with Crippen LogP contribution in [-0.4, -0.2) is 23.8 Å². The van der Waals surface area contributed by atoms with E-state index < -0.39 is 5.97 Å². The number of aliphatic carboxylic acids is 1. The van der Waals surface area contributed by atoms with Crippen LogP contribution in [0.2, 0.25) is 5.02 Å². The minimum absolute atomic E-state index is 0.0400. The van der Waals surface area contributed by atoms with E-state index in [2.05, 4.69) is 19.6 Å². The van der Waals surface area contributed by atoms with E-state index >= 15 is 0 Å². The first-order chi connectivity index (χ1) is 14.3. The molecule has 160 valence electrons. The molecule has 0 spiro atoms. The summed E-state index contributed by atoms with van der Waals surface area (Å²) in [5.74, 6) is 0.0701. The van der Waals surface area contributed by atoms with Gasteiger partial charge >= 0.3 is 5.97 Å². The van der Waals surface area contributed by atoms with E-state index in [-0.39, 0.29) is 30.5 Å². The number of hydrogen-bond donors (Lipinski definition) is 1. The third kappa shape index (κ3) is 4.88. The van der Waals surface area contributed by atoms with Gasteiger partial charge in [0.15, 0.2) is 0 Å². The Kier molecular flexibility index (Phi) is 7.22. The first-order valence-electron chi connectivity index (χ1n) is 10.3. The van der Waals surface area contributed by atoms with Crippen molar-refractivity contribution in [2.75, 3.05) is 6.61 Å². The molecule has 2 aromatic carbocycles. The summed E-state index contributed by atoms with van der Waals surface area (Å²) in [6.07, 6.45) is 0.482. The highest BCUT2D eigenvalue weighted by molar-refractivity contribution is 6.31. The smallest absolute Gasteiger partial charge is 0.307 e. The molecule has 1 N–H and O–H groups in total. The third-order valence-corrected chi connectivity index (χ3v) is 6.12. The van der Waals surface area contributed by atoms with Crippen LogP contribution >= 0.6 is 11.6 Å². The molecule has 1 aliphatic heterocycles. The first kappa shape index (κ1) is 22.4. The minimum atomic E-state index is -0.863. The summed E-state index contributed by atoms with van der Waals surface area (Å²) in [5, 5.41) is 9.97. The standard InChI is InChI=1S/C25H29ClO4/c1-5-29-23-11-10-17(13-24(27)28)12-21(23)25-19(15(2)3)14-20(16(4)30-25)18-8-6-7-9-22(18)26/h6-12,16,19-20,25H,2,5,13-14H2,1,3-4H3,(H,27,28)/t16-,19+,20-,25-/m0/s1. The van der Waals surface area contributed by atoms with Crippen molar-refractivity contribution in [2.24, 2.45) is 5.92 Å². The van der Waals surface area contributed by atoms with Gasteiger partial charge in [0.05, 0.1) is 25.2 Å². The molecular weight excluding hydrogens is 400 g/mol. The fourth-order valence-electron chi connectivity index (χ4n) is 4.31. The maximum atomic E-state index is 11.2. The predicted octanol–water partition coefficient (Wildman–Crippen LogP) is 6.19. The van der Waals surface area contributed by atoms with Crippen LogP contribution in [0.3, 0.4) is 0 Å². The Labute approximate surface area is 183 Å². The Morgan fingerprint density at radius 3 is 2.63 bits per heavy atom. The second-order valence-corrected chi connectivity index (χ2v) is 8.36. The third-order valence-electron chi connectivity index (χ3n) is 5.77. The van der Waals surface area contributed by atoms with Crippen molar-refractivity contribution >= 4 is 17.6 Å². The summed E-state index contributed by atoms with van der Waals surface area (Å²) in [6.45, 7) is 10.8. The van der Waals surface area contributed by atoms with Crippen molar-refractivity contribution in [3.05, 3.63) is 76.3 Å². The molecule has 4 atom stereocenters. The molecule has 0 saturated carbocycles. The molecule has 1 heterocycles. The molecule has 4 nitrogen and oxygen atoms in total. The average Bonchev–Trinajstić information content (AvgIpc) is 2.69. The number of halogens is 1. The summed E-state index contributed by atoms with van der Waals surface area (Å²) in [4.78, 5) is 11.2. The van der Waals surface area contributed by atoms with Gasteiger partial charge in [-0.05, 0) is 56.5 Å². The van der Waals surface area contributed by atoms with E-state index in [4.69, 9.17) is 21.1 Å². The molecule has 0 aromatic heterocycles. The van der Waals surface area contributed by atoms with Crippen LogP contribution in [-0.2, 0) is 16.0 Å². The van der Waals surface area contributed by atoms with Crippen molar-refractivity contribution in [3.63, 3.8) is 0 Å². The lowest BCUT2D eigenvalue weighted by Crippen LogP contribution is -2.34. The lowest BCUT2D eigenvalue weighted by Gasteiger charge is -2.42. The number of carboxylic acids is 1. The van der Waals surface area contributed by atoms with E-state index in [0.717, 1.165) is 39.5 Å². The highest BCUT2D eigenvalue weighted by atomic mass is 35.5. The summed E-state index contributed by atoms with van der Waals surface area (Å²) in [5.41, 5.74) is 3.72.